The molecule has 0 aromatic rings. The maximum Gasteiger partial charge on any atom is 0.332 e. The molecular formula is C15H22N2O7. The van der Waals surface area contributed by atoms with E-state index in [0.29, 0.717) is 0 Å². The molecule has 0 radical (unpaired) electrons. The Bertz CT molecular complexity index is 465. The van der Waals surface area contributed by atoms with Crippen molar-refractivity contribution in [2.24, 2.45) is 5.73 Å². The molecule has 0 aromatic heterocycles. The summed E-state index contributed by atoms with van der Waals surface area (Å²) in [4.78, 5) is 50.9. The minimum Gasteiger partial charge on any atom is -0.421 e. The van der Waals surface area contributed by atoms with Crippen LogP contribution < -0.4 is 5.73 Å². The summed E-state index contributed by atoms with van der Waals surface area (Å²) in [5.74, 6) is -5.71. The van der Waals surface area contributed by atoms with Gasteiger partial charge in [-0.05, 0) is 0 Å². The predicted molar refractivity (Wildman–Crippen MR) is 82.8 cm³/mol. The molecule has 0 aromatic carbocycles. The zero-order valence-electron chi connectivity index (χ0n) is 13.8. The van der Waals surface area contributed by atoms with Crippen LogP contribution in [-0.2, 0) is 33.5 Å². The molecule has 0 heterocycles. The number of hydrogen-bond donors (Lipinski definition) is 1. The van der Waals surface area contributed by atoms with Gasteiger partial charge in [-0.15, -0.1) is 18.2 Å². The SMILES string of the molecule is C=CCN(CC=C)OC(=O)CC(CC(N)=O)(OC(C)=O)OC(C)=O. The Balaban J connectivity index is 5.31. The molecule has 0 atom stereocenters. The Morgan fingerprint density at radius 2 is 1.46 bits per heavy atom. The molecule has 1 amide bonds. The molecule has 0 saturated heterocycles. The second-order valence-corrected chi connectivity index (χ2v) is 4.81. The molecule has 0 unspecified atom stereocenters. The smallest absolute Gasteiger partial charge is 0.332 e. The lowest BCUT2D eigenvalue weighted by atomic mass is 10.1. The van der Waals surface area contributed by atoms with E-state index in [2.05, 4.69) is 13.2 Å². The molecule has 0 saturated carbocycles. The lowest BCUT2D eigenvalue weighted by molar-refractivity contribution is -0.237. The Kier molecular flexibility index (Phi) is 9.03. The first-order valence-corrected chi connectivity index (χ1v) is 6.99. The fourth-order valence-corrected chi connectivity index (χ4v) is 1.85. The monoisotopic (exact) mass is 342 g/mol. The highest BCUT2D eigenvalue weighted by atomic mass is 16.7. The Hall–Kier alpha value is -2.68. The lowest BCUT2D eigenvalue weighted by Crippen LogP contribution is -2.45. The Morgan fingerprint density at radius 3 is 1.79 bits per heavy atom. The highest BCUT2D eigenvalue weighted by molar-refractivity contribution is 5.79. The lowest BCUT2D eigenvalue weighted by Gasteiger charge is -2.30. The summed E-state index contributed by atoms with van der Waals surface area (Å²) >= 11 is 0. The molecule has 0 spiro atoms. The molecule has 0 bridgehead atoms. The van der Waals surface area contributed by atoms with E-state index in [4.69, 9.17) is 20.0 Å². The van der Waals surface area contributed by atoms with E-state index in [-0.39, 0.29) is 13.1 Å². The summed E-state index contributed by atoms with van der Waals surface area (Å²) in [7, 11) is 0. The number of carbonyl (C=O) groups is 4. The Labute approximate surface area is 140 Å². The van der Waals surface area contributed by atoms with Crippen LogP contribution in [0.2, 0.25) is 0 Å². The average molecular weight is 342 g/mol. The fraction of sp³-hybridized carbons (Fsp3) is 0.467. The summed E-state index contributed by atoms with van der Waals surface area (Å²) < 4.78 is 9.78. The normalized spacial score (nSPS) is 10.6. The first kappa shape index (κ1) is 21.3. The zero-order chi connectivity index (χ0) is 18.8. The van der Waals surface area contributed by atoms with Gasteiger partial charge in [-0.25, -0.2) is 0 Å². The van der Waals surface area contributed by atoms with Gasteiger partial charge in [-0.1, -0.05) is 12.2 Å². The maximum atomic E-state index is 12.1. The van der Waals surface area contributed by atoms with E-state index < -0.39 is 42.4 Å². The number of nitrogens with zero attached hydrogens (tertiary/aromatic N) is 1. The number of ether oxygens (including phenoxy) is 2. The van der Waals surface area contributed by atoms with Gasteiger partial charge in [0.05, 0.1) is 13.1 Å². The number of esters is 2. The van der Waals surface area contributed by atoms with E-state index in [0.717, 1.165) is 13.8 Å². The number of primary amides is 1. The van der Waals surface area contributed by atoms with Crippen LogP contribution in [0.3, 0.4) is 0 Å². The summed E-state index contributed by atoms with van der Waals surface area (Å²) in [5.41, 5.74) is 5.09. The van der Waals surface area contributed by atoms with Crippen molar-refractivity contribution in [1.82, 2.24) is 5.06 Å². The summed E-state index contributed by atoms with van der Waals surface area (Å²) in [5, 5.41) is 1.22. The van der Waals surface area contributed by atoms with E-state index in [1.807, 2.05) is 0 Å². The standard InChI is InChI=1S/C15H22N2O7/c1-5-7-17(8-6-2)24-14(21)10-15(9-13(16)20,22-11(3)18)23-12(4)19/h5-6H,1-2,7-10H2,3-4H3,(H2,16,20). The molecule has 9 heteroatoms. The van der Waals surface area contributed by atoms with Crippen molar-refractivity contribution in [1.29, 1.82) is 0 Å². The van der Waals surface area contributed by atoms with Crippen molar-refractivity contribution in [3.8, 4) is 0 Å². The van der Waals surface area contributed by atoms with Crippen molar-refractivity contribution in [3.05, 3.63) is 25.3 Å². The fourth-order valence-electron chi connectivity index (χ4n) is 1.85. The van der Waals surface area contributed by atoms with Crippen molar-refractivity contribution in [2.75, 3.05) is 13.1 Å². The van der Waals surface area contributed by atoms with Crippen LogP contribution >= 0.6 is 0 Å². The topological polar surface area (TPSA) is 125 Å². The molecule has 2 N–H and O–H groups in total. The van der Waals surface area contributed by atoms with E-state index in [1.54, 1.807) is 0 Å². The van der Waals surface area contributed by atoms with Crippen LogP contribution in [0.4, 0.5) is 0 Å². The molecule has 0 rings (SSSR count). The van der Waals surface area contributed by atoms with Crippen LogP contribution in [0.25, 0.3) is 0 Å². The number of rotatable bonds is 11. The van der Waals surface area contributed by atoms with Crippen LogP contribution in [0.15, 0.2) is 25.3 Å². The maximum absolute atomic E-state index is 12.1. The molecular weight excluding hydrogens is 320 g/mol. The first-order chi connectivity index (χ1) is 11.1. The van der Waals surface area contributed by atoms with E-state index in [1.165, 1.54) is 17.2 Å². The summed E-state index contributed by atoms with van der Waals surface area (Å²) in [6.07, 6.45) is 1.58. The van der Waals surface area contributed by atoms with Crippen LogP contribution in [0, 0.1) is 0 Å². The molecule has 0 fully saturated rings. The third-order valence-corrected chi connectivity index (χ3v) is 2.41. The summed E-state index contributed by atoms with van der Waals surface area (Å²) in [6.45, 7) is 9.52. The van der Waals surface area contributed by atoms with Gasteiger partial charge in [0.1, 0.15) is 12.8 Å². The van der Waals surface area contributed by atoms with Gasteiger partial charge in [-0.3, -0.25) is 19.2 Å². The minimum atomic E-state index is -2.16. The molecule has 134 valence electrons. The van der Waals surface area contributed by atoms with E-state index in [9.17, 15) is 19.2 Å². The quantitative estimate of drug-likeness (QED) is 0.244. The first-order valence-electron chi connectivity index (χ1n) is 6.99. The second-order valence-electron chi connectivity index (χ2n) is 4.81. The molecule has 24 heavy (non-hydrogen) atoms. The second kappa shape index (κ2) is 10.2. The highest BCUT2D eigenvalue weighted by Gasteiger charge is 2.42. The van der Waals surface area contributed by atoms with Gasteiger partial charge in [0.25, 0.3) is 5.79 Å². The third kappa shape index (κ3) is 8.69. The van der Waals surface area contributed by atoms with Crippen molar-refractivity contribution < 1.29 is 33.5 Å². The van der Waals surface area contributed by atoms with Crippen molar-refractivity contribution in [2.45, 2.75) is 32.5 Å². The number of hydrogen-bond acceptors (Lipinski definition) is 8. The number of amides is 1. The number of nitrogens with two attached hydrogens (primary N) is 1. The Morgan fingerprint density at radius 1 is 1.00 bits per heavy atom. The highest BCUT2D eigenvalue weighted by Crippen LogP contribution is 2.24. The van der Waals surface area contributed by atoms with Gasteiger partial charge >= 0.3 is 17.9 Å². The van der Waals surface area contributed by atoms with E-state index >= 15 is 0 Å². The molecule has 0 aliphatic carbocycles. The van der Waals surface area contributed by atoms with Crippen molar-refractivity contribution >= 4 is 23.8 Å². The molecule has 9 nitrogen and oxygen atoms in total. The van der Waals surface area contributed by atoms with Crippen LogP contribution in [0.5, 0.6) is 0 Å². The van der Waals surface area contributed by atoms with Crippen molar-refractivity contribution in [3.63, 3.8) is 0 Å². The summed E-state index contributed by atoms with van der Waals surface area (Å²) in [6, 6.07) is 0. The average Bonchev–Trinajstić information content (AvgIpc) is 2.35. The largest absolute Gasteiger partial charge is 0.421 e. The number of carbonyl (C=O) groups excluding carboxylic acids is 4. The zero-order valence-corrected chi connectivity index (χ0v) is 13.8. The molecule has 0 aliphatic heterocycles. The van der Waals surface area contributed by atoms with Crippen LogP contribution in [0.1, 0.15) is 26.7 Å². The van der Waals surface area contributed by atoms with Gasteiger partial charge in [-0.2, -0.15) is 0 Å². The third-order valence-electron chi connectivity index (χ3n) is 2.41. The van der Waals surface area contributed by atoms with Gasteiger partial charge in [0, 0.05) is 13.8 Å². The van der Waals surface area contributed by atoms with Gasteiger partial charge < -0.3 is 20.0 Å². The van der Waals surface area contributed by atoms with Crippen LogP contribution in [-0.4, -0.2) is 47.8 Å². The number of hydroxylamine groups is 2. The van der Waals surface area contributed by atoms with Gasteiger partial charge in [0.2, 0.25) is 5.91 Å². The minimum absolute atomic E-state index is 0.210. The van der Waals surface area contributed by atoms with Gasteiger partial charge in [0.15, 0.2) is 0 Å². The molecule has 0 aliphatic rings. The predicted octanol–water partition coefficient (Wildman–Crippen LogP) is 0.207.